The molecule has 1 aromatic rings. The molecular weight excluding hydrogens is 208 g/mol. The third-order valence-corrected chi connectivity index (χ3v) is 2.16. The highest BCUT2D eigenvalue weighted by Crippen LogP contribution is 2.21. The summed E-state index contributed by atoms with van der Waals surface area (Å²) in [5.74, 6) is -0.327. The topological polar surface area (TPSA) is 55.8 Å². The van der Waals surface area contributed by atoms with Gasteiger partial charge in [0.25, 0.3) is 0 Å². The number of benzene rings is 1. The number of aliphatic hydroxyl groups excluding tert-OH is 1. The van der Waals surface area contributed by atoms with Crippen LogP contribution < -0.4 is 0 Å². The molecule has 0 bridgehead atoms. The Morgan fingerprint density at radius 3 is 2.62 bits per heavy atom. The molecule has 0 amide bonds. The van der Waals surface area contributed by atoms with Crippen molar-refractivity contribution in [3.05, 3.63) is 35.9 Å². The highest BCUT2D eigenvalue weighted by atomic mass is 16.5. The average molecular weight is 224 g/mol. The molecule has 0 aliphatic carbocycles. The predicted molar refractivity (Wildman–Crippen MR) is 58.9 cm³/mol. The lowest BCUT2D eigenvalue weighted by Crippen LogP contribution is -2.13. The second-order valence-corrected chi connectivity index (χ2v) is 3.27. The fourth-order valence-electron chi connectivity index (χ4n) is 1.37. The lowest BCUT2D eigenvalue weighted by Gasteiger charge is -2.16. The van der Waals surface area contributed by atoms with Crippen LogP contribution in [0.1, 0.15) is 18.1 Å². The highest BCUT2D eigenvalue weighted by Gasteiger charge is 2.16. The molecule has 4 heteroatoms. The number of aliphatic hydroxyl groups is 1. The van der Waals surface area contributed by atoms with E-state index < -0.39 is 0 Å². The van der Waals surface area contributed by atoms with E-state index >= 15 is 0 Å². The second-order valence-electron chi connectivity index (χ2n) is 3.27. The minimum Gasteiger partial charge on any atom is -0.469 e. The van der Waals surface area contributed by atoms with E-state index in [4.69, 9.17) is 9.84 Å². The summed E-state index contributed by atoms with van der Waals surface area (Å²) in [4.78, 5) is 11.2. The molecule has 0 saturated heterocycles. The van der Waals surface area contributed by atoms with Gasteiger partial charge in [-0.3, -0.25) is 4.79 Å². The third kappa shape index (κ3) is 4.00. The number of methoxy groups -OCH3 is 1. The molecule has 4 nitrogen and oxygen atoms in total. The van der Waals surface area contributed by atoms with E-state index in [1.54, 1.807) is 0 Å². The molecule has 0 saturated carbocycles. The molecule has 0 radical (unpaired) electrons. The molecule has 0 fully saturated rings. The SMILES string of the molecule is COC(=O)CC(OCCO)c1ccccc1. The summed E-state index contributed by atoms with van der Waals surface area (Å²) < 4.78 is 10.00. The van der Waals surface area contributed by atoms with Crippen LogP contribution in [0.2, 0.25) is 0 Å². The molecule has 1 unspecified atom stereocenters. The third-order valence-electron chi connectivity index (χ3n) is 2.16. The van der Waals surface area contributed by atoms with Crippen molar-refractivity contribution in [2.45, 2.75) is 12.5 Å². The number of esters is 1. The Hall–Kier alpha value is -1.39. The van der Waals surface area contributed by atoms with Gasteiger partial charge >= 0.3 is 5.97 Å². The predicted octanol–water partition coefficient (Wildman–Crippen LogP) is 1.30. The molecule has 1 aromatic carbocycles. The van der Waals surface area contributed by atoms with Gasteiger partial charge in [0, 0.05) is 0 Å². The van der Waals surface area contributed by atoms with Crippen molar-refractivity contribution in [3.8, 4) is 0 Å². The monoisotopic (exact) mass is 224 g/mol. The van der Waals surface area contributed by atoms with Crippen LogP contribution in [0.15, 0.2) is 30.3 Å². The van der Waals surface area contributed by atoms with Gasteiger partial charge in [0.1, 0.15) is 0 Å². The molecule has 0 aliphatic rings. The van der Waals surface area contributed by atoms with Crippen LogP contribution >= 0.6 is 0 Å². The first-order chi connectivity index (χ1) is 7.77. The molecule has 0 heterocycles. The Morgan fingerprint density at radius 2 is 2.06 bits per heavy atom. The molecule has 0 spiro atoms. The average Bonchev–Trinajstić information content (AvgIpc) is 2.35. The van der Waals surface area contributed by atoms with Crippen molar-refractivity contribution in [1.82, 2.24) is 0 Å². The van der Waals surface area contributed by atoms with Crippen LogP contribution in [-0.2, 0) is 14.3 Å². The summed E-state index contributed by atoms with van der Waals surface area (Å²) >= 11 is 0. The van der Waals surface area contributed by atoms with Crippen molar-refractivity contribution in [2.75, 3.05) is 20.3 Å². The van der Waals surface area contributed by atoms with Gasteiger partial charge in [-0.25, -0.2) is 0 Å². The van der Waals surface area contributed by atoms with Crippen molar-refractivity contribution in [2.24, 2.45) is 0 Å². The molecular formula is C12H16O4. The zero-order chi connectivity index (χ0) is 11.8. The van der Waals surface area contributed by atoms with E-state index in [9.17, 15) is 4.79 Å². The first-order valence-electron chi connectivity index (χ1n) is 5.12. The lowest BCUT2D eigenvalue weighted by molar-refractivity contribution is -0.144. The number of carbonyl (C=O) groups excluding carboxylic acids is 1. The zero-order valence-corrected chi connectivity index (χ0v) is 9.26. The van der Waals surface area contributed by atoms with Gasteiger partial charge in [0.15, 0.2) is 0 Å². The first kappa shape index (κ1) is 12.7. The molecule has 1 N–H and O–H groups in total. The Bertz CT molecular complexity index is 310. The molecule has 0 aromatic heterocycles. The molecule has 88 valence electrons. The molecule has 0 aliphatic heterocycles. The summed E-state index contributed by atoms with van der Waals surface area (Å²) in [5, 5.41) is 8.71. The van der Waals surface area contributed by atoms with Gasteiger partial charge in [-0.1, -0.05) is 30.3 Å². The van der Waals surface area contributed by atoms with Crippen LogP contribution in [-0.4, -0.2) is 31.4 Å². The van der Waals surface area contributed by atoms with Crippen LogP contribution in [0.4, 0.5) is 0 Å². The largest absolute Gasteiger partial charge is 0.469 e. The van der Waals surface area contributed by atoms with E-state index in [-0.39, 0.29) is 31.7 Å². The summed E-state index contributed by atoms with van der Waals surface area (Å²) in [6.07, 6.45) is -0.207. The maximum atomic E-state index is 11.2. The summed E-state index contributed by atoms with van der Waals surface area (Å²) in [7, 11) is 1.34. The Labute approximate surface area is 94.8 Å². The lowest BCUT2D eigenvalue weighted by atomic mass is 10.1. The Morgan fingerprint density at radius 1 is 1.38 bits per heavy atom. The smallest absolute Gasteiger partial charge is 0.308 e. The minimum absolute atomic E-state index is 0.0650. The quantitative estimate of drug-likeness (QED) is 0.740. The van der Waals surface area contributed by atoms with E-state index in [0.29, 0.717) is 0 Å². The van der Waals surface area contributed by atoms with Crippen molar-refractivity contribution >= 4 is 5.97 Å². The van der Waals surface area contributed by atoms with E-state index in [1.165, 1.54) is 7.11 Å². The standard InChI is InChI=1S/C12H16O4/c1-15-12(14)9-11(16-8-7-13)10-5-3-2-4-6-10/h2-6,11,13H,7-9H2,1H3. The van der Waals surface area contributed by atoms with Crippen molar-refractivity contribution < 1.29 is 19.4 Å². The highest BCUT2D eigenvalue weighted by molar-refractivity contribution is 5.70. The number of carbonyl (C=O) groups is 1. The van der Waals surface area contributed by atoms with Gasteiger partial charge in [-0.15, -0.1) is 0 Å². The molecule has 16 heavy (non-hydrogen) atoms. The van der Waals surface area contributed by atoms with Gasteiger partial charge in [-0.2, -0.15) is 0 Å². The van der Waals surface area contributed by atoms with Gasteiger partial charge in [0.05, 0.1) is 32.8 Å². The van der Waals surface area contributed by atoms with Crippen LogP contribution in [0.3, 0.4) is 0 Å². The van der Waals surface area contributed by atoms with Gasteiger partial charge < -0.3 is 14.6 Å². The Kier molecular flexibility index (Phi) is 5.53. The summed E-state index contributed by atoms with van der Waals surface area (Å²) in [5.41, 5.74) is 0.904. The fourth-order valence-corrected chi connectivity index (χ4v) is 1.37. The molecule has 1 rings (SSSR count). The summed E-state index contributed by atoms with van der Waals surface area (Å²) in [6.45, 7) is 0.140. The minimum atomic E-state index is -0.360. The zero-order valence-electron chi connectivity index (χ0n) is 9.26. The number of ether oxygens (including phenoxy) is 2. The Balaban J connectivity index is 2.67. The fraction of sp³-hybridized carbons (Fsp3) is 0.417. The number of rotatable bonds is 6. The van der Waals surface area contributed by atoms with E-state index in [1.807, 2.05) is 30.3 Å². The van der Waals surface area contributed by atoms with Gasteiger partial charge in [0.2, 0.25) is 0 Å². The summed E-state index contributed by atoms with van der Waals surface area (Å²) in [6, 6.07) is 9.41. The van der Waals surface area contributed by atoms with Gasteiger partial charge in [-0.05, 0) is 5.56 Å². The van der Waals surface area contributed by atoms with Crippen molar-refractivity contribution in [1.29, 1.82) is 0 Å². The number of hydrogen-bond acceptors (Lipinski definition) is 4. The van der Waals surface area contributed by atoms with E-state index in [2.05, 4.69) is 4.74 Å². The number of hydrogen-bond donors (Lipinski definition) is 1. The maximum absolute atomic E-state index is 11.2. The maximum Gasteiger partial charge on any atom is 0.308 e. The van der Waals surface area contributed by atoms with Crippen LogP contribution in [0, 0.1) is 0 Å². The first-order valence-corrected chi connectivity index (χ1v) is 5.12. The van der Waals surface area contributed by atoms with E-state index in [0.717, 1.165) is 5.56 Å². The molecule has 1 atom stereocenters. The van der Waals surface area contributed by atoms with Crippen LogP contribution in [0.5, 0.6) is 0 Å². The normalized spacial score (nSPS) is 12.1. The van der Waals surface area contributed by atoms with Crippen LogP contribution in [0.25, 0.3) is 0 Å². The second kappa shape index (κ2) is 6.98. The van der Waals surface area contributed by atoms with Crippen molar-refractivity contribution in [3.63, 3.8) is 0 Å².